The van der Waals surface area contributed by atoms with E-state index in [9.17, 15) is 5.11 Å². The summed E-state index contributed by atoms with van der Waals surface area (Å²) >= 11 is 0. The van der Waals surface area contributed by atoms with Gasteiger partial charge in [-0.3, -0.25) is 0 Å². The molecule has 0 aliphatic carbocycles. The molecule has 0 atom stereocenters. The molecule has 0 spiro atoms. The highest BCUT2D eigenvalue weighted by atomic mass is 16.3. The maximum Gasteiger partial charge on any atom is 0.364 e. The van der Waals surface area contributed by atoms with E-state index in [4.69, 9.17) is 4.42 Å². The second-order valence-corrected chi connectivity index (χ2v) is 4.83. The summed E-state index contributed by atoms with van der Waals surface area (Å²) < 4.78 is 5.84. The highest BCUT2D eigenvalue weighted by Gasteiger charge is 2.13. The minimum absolute atomic E-state index is 0.167. The molecule has 0 aliphatic rings. The number of H-pyrrole nitrogens is 1. The number of aromatic nitrogens is 1. The van der Waals surface area contributed by atoms with Crippen LogP contribution in [0.3, 0.4) is 0 Å². The van der Waals surface area contributed by atoms with Crippen molar-refractivity contribution in [1.82, 2.24) is 0 Å². The molecule has 2 aromatic heterocycles. The van der Waals surface area contributed by atoms with Gasteiger partial charge in [0.1, 0.15) is 11.2 Å². The van der Waals surface area contributed by atoms with E-state index in [1.54, 1.807) is 6.07 Å². The summed E-state index contributed by atoms with van der Waals surface area (Å²) in [5, 5.41) is 13.0. The Balaban J connectivity index is 2.25. The summed E-state index contributed by atoms with van der Waals surface area (Å²) in [4.78, 5) is 2.96. The number of hydrogen-bond donors (Lipinski definition) is 1. The van der Waals surface area contributed by atoms with E-state index in [-0.39, 0.29) is 5.88 Å². The number of nitrogens with one attached hydrogen (secondary N) is 1. The monoisotopic (exact) mass is 250 g/mol. The van der Waals surface area contributed by atoms with E-state index in [1.165, 1.54) is 0 Å². The minimum Gasteiger partial charge on any atom is -0.460 e. The lowest BCUT2D eigenvalue weighted by Crippen LogP contribution is -2.04. The molecule has 0 radical (unpaired) electrons. The van der Waals surface area contributed by atoms with Crippen molar-refractivity contribution >= 4 is 32.8 Å². The second-order valence-electron chi connectivity index (χ2n) is 4.83. The zero-order valence-corrected chi connectivity index (χ0v) is 10.4. The predicted octanol–water partition coefficient (Wildman–Crippen LogP) is 3.57. The number of rotatable bonds is 0. The van der Waals surface area contributed by atoms with Gasteiger partial charge < -0.3 is 9.52 Å². The number of para-hydroxylation sites is 1. The van der Waals surface area contributed by atoms with Crippen molar-refractivity contribution in [1.29, 1.82) is 0 Å². The largest absolute Gasteiger partial charge is 0.460 e. The van der Waals surface area contributed by atoms with Crippen molar-refractivity contribution in [3.8, 4) is 5.88 Å². The molecule has 2 aromatic carbocycles. The molecule has 4 rings (SSSR count). The Morgan fingerprint density at radius 3 is 2.68 bits per heavy atom. The number of aromatic hydroxyl groups is 1. The van der Waals surface area contributed by atoms with Gasteiger partial charge in [-0.2, -0.15) is 4.98 Å². The van der Waals surface area contributed by atoms with E-state index in [2.05, 4.69) is 17.1 Å². The third kappa shape index (κ3) is 1.41. The second kappa shape index (κ2) is 3.48. The average molecular weight is 250 g/mol. The average Bonchev–Trinajstić information content (AvgIpc) is 2.74. The van der Waals surface area contributed by atoms with Crippen LogP contribution in [0.5, 0.6) is 5.88 Å². The van der Waals surface area contributed by atoms with Crippen LogP contribution in [-0.4, -0.2) is 5.11 Å². The van der Waals surface area contributed by atoms with Crippen LogP contribution in [0.1, 0.15) is 5.56 Å². The topological polar surface area (TPSA) is 47.5 Å². The van der Waals surface area contributed by atoms with Gasteiger partial charge in [-0.1, -0.05) is 18.2 Å². The first-order valence-electron chi connectivity index (χ1n) is 6.19. The van der Waals surface area contributed by atoms with Gasteiger partial charge in [0.05, 0.1) is 17.5 Å². The molecule has 0 bridgehead atoms. The maximum atomic E-state index is 9.64. The van der Waals surface area contributed by atoms with E-state index in [0.717, 1.165) is 38.4 Å². The number of benzene rings is 2. The van der Waals surface area contributed by atoms with Crippen molar-refractivity contribution in [2.45, 2.75) is 6.92 Å². The molecule has 3 nitrogen and oxygen atoms in total. The van der Waals surface area contributed by atoms with Crippen LogP contribution < -0.4 is 4.98 Å². The molecule has 0 amide bonds. The first-order valence-corrected chi connectivity index (χ1v) is 6.19. The molecule has 3 heteroatoms. The summed E-state index contributed by atoms with van der Waals surface area (Å²) in [5.41, 5.74) is 3.63. The highest BCUT2D eigenvalue weighted by Crippen LogP contribution is 2.32. The van der Waals surface area contributed by atoms with Crippen LogP contribution in [-0.2, 0) is 0 Å². The molecule has 2 heterocycles. The maximum absolute atomic E-state index is 9.64. The van der Waals surface area contributed by atoms with Crippen molar-refractivity contribution in [3.05, 3.63) is 48.0 Å². The first kappa shape index (κ1) is 10.4. The molecule has 4 aromatic rings. The van der Waals surface area contributed by atoms with Gasteiger partial charge in [0.25, 0.3) is 0 Å². The van der Waals surface area contributed by atoms with Gasteiger partial charge in [0, 0.05) is 10.8 Å². The summed E-state index contributed by atoms with van der Waals surface area (Å²) in [5.74, 6) is 0.167. The van der Waals surface area contributed by atoms with Crippen LogP contribution in [0.25, 0.3) is 32.8 Å². The van der Waals surface area contributed by atoms with Crippen LogP contribution in [0.4, 0.5) is 0 Å². The van der Waals surface area contributed by atoms with Gasteiger partial charge in [0.15, 0.2) is 0 Å². The number of aryl methyl sites for hydroxylation is 1. The van der Waals surface area contributed by atoms with E-state index < -0.39 is 0 Å². The lowest BCUT2D eigenvalue weighted by Gasteiger charge is -1.97. The van der Waals surface area contributed by atoms with E-state index in [1.807, 2.05) is 31.2 Å². The Bertz CT molecular complexity index is 938. The summed E-state index contributed by atoms with van der Waals surface area (Å²) in [7, 11) is 0. The fraction of sp³-hybridized carbons (Fsp3) is 0.0625. The van der Waals surface area contributed by atoms with E-state index >= 15 is 0 Å². The number of fused-ring (bicyclic) bond motifs is 4. The summed E-state index contributed by atoms with van der Waals surface area (Å²) in [6, 6.07) is 13.8. The Kier molecular flexibility index (Phi) is 1.90. The van der Waals surface area contributed by atoms with Crippen LogP contribution in [0, 0.1) is 6.92 Å². The quantitative estimate of drug-likeness (QED) is 0.518. The third-order valence-corrected chi connectivity index (χ3v) is 3.56. The number of furan rings is 1. The summed E-state index contributed by atoms with van der Waals surface area (Å²) in [6.45, 7) is 1.99. The first-order chi connectivity index (χ1) is 9.22. The molecule has 0 unspecified atom stereocenters. The van der Waals surface area contributed by atoms with Crippen molar-refractivity contribution in [2.24, 2.45) is 0 Å². The molecule has 92 valence electrons. The van der Waals surface area contributed by atoms with Gasteiger partial charge in [-0.05, 0) is 24.6 Å². The standard InChI is InChI=1S/C16H11NO2/c1-9-6-16(18)17-13-8-15-12(7-11(9)13)10-4-2-3-5-14(10)19-15/h2-8H,1H3,(H,17,18)/p+1. The van der Waals surface area contributed by atoms with Gasteiger partial charge >= 0.3 is 5.88 Å². The lowest BCUT2D eigenvalue weighted by atomic mass is 10.1. The van der Waals surface area contributed by atoms with Gasteiger partial charge in [-0.15, -0.1) is 0 Å². The molecule has 0 fully saturated rings. The Labute approximate surface area is 109 Å². The van der Waals surface area contributed by atoms with Crippen LogP contribution in [0.15, 0.2) is 46.9 Å². The Hall–Kier alpha value is -2.55. The number of hydrogen-bond acceptors (Lipinski definition) is 2. The number of pyridine rings is 1. The molecule has 2 N–H and O–H groups in total. The molecule has 0 aliphatic heterocycles. The molecule has 0 saturated carbocycles. The Morgan fingerprint density at radius 1 is 0.947 bits per heavy atom. The molecule has 19 heavy (non-hydrogen) atoms. The zero-order valence-electron chi connectivity index (χ0n) is 10.4. The molecular formula is C16H12NO2+. The van der Waals surface area contributed by atoms with Crippen molar-refractivity contribution < 1.29 is 14.5 Å². The van der Waals surface area contributed by atoms with Gasteiger partial charge in [-0.25, -0.2) is 0 Å². The number of aromatic amines is 1. The van der Waals surface area contributed by atoms with Crippen molar-refractivity contribution in [3.63, 3.8) is 0 Å². The highest BCUT2D eigenvalue weighted by molar-refractivity contribution is 6.09. The molecular weight excluding hydrogens is 238 g/mol. The Morgan fingerprint density at radius 2 is 1.79 bits per heavy atom. The van der Waals surface area contributed by atoms with E-state index in [0.29, 0.717) is 0 Å². The van der Waals surface area contributed by atoms with Crippen LogP contribution in [0.2, 0.25) is 0 Å². The summed E-state index contributed by atoms with van der Waals surface area (Å²) in [6.07, 6.45) is 0. The fourth-order valence-electron chi connectivity index (χ4n) is 2.66. The van der Waals surface area contributed by atoms with Gasteiger partial charge in [0.2, 0.25) is 5.52 Å². The van der Waals surface area contributed by atoms with Crippen LogP contribution >= 0.6 is 0 Å². The fourth-order valence-corrected chi connectivity index (χ4v) is 2.66. The predicted molar refractivity (Wildman–Crippen MR) is 74.2 cm³/mol. The third-order valence-electron chi connectivity index (χ3n) is 3.56. The lowest BCUT2D eigenvalue weighted by molar-refractivity contribution is -0.362. The normalized spacial score (nSPS) is 11.6. The zero-order chi connectivity index (χ0) is 13.0. The molecule has 0 saturated heterocycles. The SMILES string of the molecule is Cc1cc(O)[nH+]c2cc3oc4ccccc4c3cc12. The van der Waals surface area contributed by atoms with Crippen molar-refractivity contribution in [2.75, 3.05) is 0 Å². The minimum atomic E-state index is 0.167. The smallest absolute Gasteiger partial charge is 0.364 e.